The summed E-state index contributed by atoms with van der Waals surface area (Å²) < 4.78 is 96.4. The molecule has 0 spiro atoms. The molecule has 706 valence electrons. The molecule has 3 aliphatic heterocycles. The summed E-state index contributed by atoms with van der Waals surface area (Å²) >= 11 is 0. The molecule has 1 saturated carbocycles. The van der Waals surface area contributed by atoms with Crippen LogP contribution in [0.5, 0.6) is 0 Å². The minimum absolute atomic E-state index is 0.00921. The number of nitrogen functional groups attached to an aromatic ring is 2. The molecule has 1 aliphatic carbocycles. The number of fused-ring (bicyclic) bond motifs is 5. The Bertz CT molecular complexity index is 4320. The highest BCUT2D eigenvalue weighted by Gasteiger charge is 2.53. The zero-order valence-corrected chi connectivity index (χ0v) is 75.9. The minimum Gasteiger partial charge on any atom is -0.460 e. The number of nitrogens with two attached hydrogens (primary N) is 2. The number of rotatable bonds is 45. The van der Waals surface area contributed by atoms with Gasteiger partial charge in [-0.05, 0) is 138 Å². The van der Waals surface area contributed by atoms with E-state index in [1.54, 1.807) is 56.5 Å². The maximum Gasteiger partial charge on any atom is 0.329 e. The van der Waals surface area contributed by atoms with Gasteiger partial charge in [0.2, 0.25) is 11.7 Å². The van der Waals surface area contributed by atoms with Crippen LogP contribution in [0.1, 0.15) is 150 Å². The van der Waals surface area contributed by atoms with Crippen LogP contribution in [0.25, 0.3) is 33.4 Å². The number of piperidine rings is 1. The molecule has 0 unspecified atom stereocenters. The lowest BCUT2D eigenvalue weighted by molar-refractivity contribution is -0.265. The molecular formula is C91H138N12O24. The number of Topliss-reactive ketones (excluding diaryl/α,β-unsaturated/α-hetero) is 3. The molecule has 36 heteroatoms. The Morgan fingerprint density at radius 2 is 1.39 bits per heavy atom. The molecule has 127 heavy (non-hydrogen) atoms. The molecule has 5 aromatic rings. The fourth-order valence-corrected chi connectivity index (χ4v) is 16.4. The Labute approximate surface area is 744 Å². The Hall–Kier alpha value is -8.28. The first-order valence-electron chi connectivity index (χ1n) is 45.0. The van der Waals surface area contributed by atoms with E-state index >= 15 is 0 Å². The molecule has 0 radical (unpaired) electrons. The van der Waals surface area contributed by atoms with Gasteiger partial charge in [-0.15, -0.1) is 5.10 Å². The number of aliphatic hydroxyl groups excluding tert-OH is 1. The van der Waals surface area contributed by atoms with Crippen LogP contribution in [0.2, 0.25) is 0 Å². The molecule has 7 heterocycles. The fraction of sp³-hybridized carbons (Fsp3) is 0.692. The zero-order chi connectivity index (χ0) is 91.0. The van der Waals surface area contributed by atoms with Crippen LogP contribution in [0, 0.1) is 35.5 Å². The molecule has 2 amide bonds. The van der Waals surface area contributed by atoms with Crippen LogP contribution in [0.15, 0.2) is 82.7 Å². The van der Waals surface area contributed by atoms with E-state index in [9.17, 15) is 39.0 Å². The minimum atomic E-state index is -2.47. The number of benzene rings is 1. The first-order chi connectivity index (χ1) is 61.4. The van der Waals surface area contributed by atoms with Crippen LogP contribution in [0.3, 0.4) is 0 Å². The van der Waals surface area contributed by atoms with Crippen molar-refractivity contribution in [1.29, 1.82) is 0 Å². The Kier molecular flexibility index (Phi) is 43.9. The van der Waals surface area contributed by atoms with E-state index in [0.717, 1.165) is 30.4 Å². The lowest BCUT2D eigenvalue weighted by atomic mass is 9.78. The lowest BCUT2D eigenvalue weighted by Gasteiger charge is -2.42. The number of carbonyl (C=O) groups is 6. The first kappa shape index (κ1) is 102. The first-order valence-corrected chi connectivity index (χ1v) is 45.0. The monoisotopic (exact) mass is 1780 g/mol. The normalized spacial score (nSPS) is 25.2. The van der Waals surface area contributed by atoms with Crippen LogP contribution in [0.4, 0.5) is 11.8 Å². The summed E-state index contributed by atoms with van der Waals surface area (Å²) in [6.45, 7) is 21.6. The quantitative estimate of drug-likeness (QED) is 0.0106. The van der Waals surface area contributed by atoms with Crippen molar-refractivity contribution in [2.24, 2.45) is 35.5 Å². The van der Waals surface area contributed by atoms with Gasteiger partial charge in [0.15, 0.2) is 17.0 Å². The number of carbonyl (C=O) groups excluding carboxylic acids is 6. The van der Waals surface area contributed by atoms with E-state index in [1.807, 2.05) is 76.4 Å². The molecule has 2 bridgehead atoms. The van der Waals surface area contributed by atoms with Crippen molar-refractivity contribution in [1.82, 2.24) is 49.9 Å². The van der Waals surface area contributed by atoms with Gasteiger partial charge in [-0.25, -0.2) is 24.1 Å². The average Bonchev–Trinajstić information content (AvgIpc) is 1.54. The van der Waals surface area contributed by atoms with E-state index in [-0.39, 0.29) is 92.5 Å². The number of methoxy groups -OCH3 is 3. The second-order valence-corrected chi connectivity index (χ2v) is 33.4. The highest BCUT2D eigenvalue weighted by molar-refractivity contribution is 6.39. The third-order valence-corrected chi connectivity index (χ3v) is 23.7. The highest BCUT2D eigenvalue weighted by atomic mass is 16.6. The third kappa shape index (κ3) is 32.4. The van der Waals surface area contributed by atoms with Gasteiger partial charge < -0.3 is 107 Å². The topological polar surface area (TPSA) is 449 Å². The second kappa shape index (κ2) is 54.4. The molecule has 9 rings (SSSR count). The zero-order valence-electron chi connectivity index (χ0n) is 75.9. The van der Waals surface area contributed by atoms with E-state index in [0.29, 0.717) is 235 Å². The second-order valence-electron chi connectivity index (χ2n) is 33.4. The highest BCUT2D eigenvalue weighted by Crippen LogP contribution is 2.39. The van der Waals surface area contributed by atoms with Gasteiger partial charge in [-0.1, -0.05) is 76.3 Å². The summed E-state index contributed by atoms with van der Waals surface area (Å²) in [6, 6.07) is 4.39. The molecule has 4 aliphatic rings. The number of aryl methyl sites for hydroxylation is 1. The standard InChI is InChI=1S/C91H138N12O24/c1-60-18-12-11-13-19-61(2)76(112-8)55-70-24-21-66(7)91(111,127-70)85(108)88(109)102-29-16-14-20-72(102)89(110)125-77(56-73(104)62(3)51-65(6)83(107)84(114-10)82(106)64(5)50-60)63(4)52-67-22-25-75(78(53-67)113-9)124-49-48-123-58-69-57-101(100-98-69)31-33-116-35-37-118-39-41-120-43-45-122-47-46-121-44-42-119-40-38-117-36-34-115-32-27-79(105)94-28-15-17-30-103-87-80(86(92)95-59-96-87)81(99-103)68-23-26-74-71(54-68)97-90(93)126-74/h11-13,18-19,23,26,51,54,57,59-60,62-64,66-67,70,72,75-78,83-84,107,111H,14-17,20-22,24-25,27-50,52-53,55-56,58H2,1-10H3,(H2,93,97)(H,94,105)(H2,92,95,96)/t60-,62-,63-,64-,66-,67-,70+,72-,75+,76-,77+,78-,83+,84+,91-/m1/s1. The van der Waals surface area contributed by atoms with Crippen molar-refractivity contribution < 1.29 is 114 Å². The van der Waals surface area contributed by atoms with Gasteiger partial charge in [-0.3, -0.25) is 24.0 Å². The van der Waals surface area contributed by atoms with Crippen molar-refractivity contribution in [2.45, 2.75) is 219 Å². The van der Waals surface area contributed by atoms with Gasteiger partial charge in [0.05, 0.1) is 168 Å². The molecule has 36 nitrogen and oxygen atoms in total. The number of nitrogens with one attached hydrogen (secondary N) is 1. The number of amides is 2. The van der Waals surface area contributed by atoms with E-state index in [1.165, 1.54) is 18.3 Å². The van der Waals surface area contributed by atoms with Gasteiger partial charge in [-0.2, -0.15) is 10.1 Å². The van der Waals surface area contributed by atoms with Gasteiger partial charge in [0.25, 0.3) is 17.7 Å². The van der Waals surface area contributed by atoms with Crippen molar-refractivity contribution in [3.05, 3.63) is 84.0 Å². The van der Waals surface area contributed by atoms with Crippen LogP contribution < -0.4 is 16.8 Å². The number of allylic oxidation sites excluding steroid dienone is 6. The van der Waals surface area contributed by atoms with Crippen molar-refractivity contribution in [3.63, 3.8) is 0 Å². The number of nitrogens with zero attached hydrogens (tertiary/aromatic N) is 9. The number of ether oxygens (including phenoxy) is 15. The summed E-state index contributed by atoms with van der Waals surface area (Å²) in [5, 5.41) is 40.7. The largest absolute Gasteiger partial charge is 0.460 e. The summed E-state index contributed by atoms with van der Waals surface area (Å²) in [5.41, 5.74) is 17.1. The number of cyclic esters (lactones) is 1. The molecular weight excluding hydrogens is 1650 g/mol. The number of hydrogen-bond acceptors (Lipinski definition) is 32. The van der Waals surface area contributed by atoms with Crippen LogP contribution in [-0.2, 0) is 120 Å². The Balaban J connectivity index is 0.586. The van der Waals surface area contributed by atoms with E-state index < -0.39 is 77.8 Å². The lowest BCUT2D eigenvalue weighted by Crippen LogP contribution is -2.61. The molecule has 2 saturated heterocycles. The fourth-order valence-electron chi connectivity index (χ4n) is 16.4. The molecule has 4 aromatic heterocycles. The van der Waals surface area contributed by atoms with Crippen LogP contribution in [-0.4, -0.2) is 298 Å². The van der Waals surface area contributed by atoms with Gasteiger partial charge in [0, 0.05) is 83.5 Å². The van der Waals surface area contributed by atoms with Crippen LogP contribution >= 0.6 is 0 Å². The summed E-state index contributed by atoms with van der Waals surface area (Å²) in [7, 11) is 4.61. The maximum atomic E-state index is 14.8. The number of ketones is 3. The Morgan fingerprint density at radius 1 is 0.717 bits per heavy atom. The number of esters is 1. The Morgan fingerprint density at radius 3 is 2.07 bits per heavy atom. The molecule has 15 atom stereocenters. The van der Waals surface area contributed by atoms with Gasteiger partial charge in [0.1, 0.15) is 59.2 Å². The number of aliphatic hydroxyl groups is 2. The predicted molar refractivity (Wildman–Crippen MR) is 469 cm³/mol. The number of unbranched alkanes of at least 4 members (excludes halogenated alkanes) is 1. The average molecular weight is 1780 g/mol. The summed E-state index contributed by atoms with van der Waals surface area (Å²) in [6.07, 6.45) is 16.3. The van der Waals surface area contributed by atoms with Gasteiger partial charge >= 0.3 is 5.97 Å². The summed E-state index contributed by atoms with van der Waals surface area (Å²) in [4.78, 5) is 98.7. The molecule has 7 N–H and O–H groups in total. The maximum absolute atomic E-state index is 14.8. The number of oxazole rings is 1. The SMILES string of the molecule is CO[C@@H]1C[C@@H]2CC[C@@H](C)[C@@](O)(O2)C(=O)C(=O)N2CCCC[C@@H]2C(=O)O[C@H]([C@H](C)C[C@H]2CC[C@H](OCCOCc3cn(CCOCCOCCOCCOCCOCCOCCOCCOCCC(=O)NCCCCn4nc(-c5ccc6oc(N)nc6c5)c5c(N)ncnc54)nn3)[C@H](OC)C2)CC(=O)[C@H](C)C=C(C)[C@H](O)[C@@H](OC)C(=O)[C@H](C)C[C@H](C)C=CC=CC=C1C. The summed E-state index contributed by atoms with van der Waals surface area (Å²) in [5.74, 6) is -8.07. The van der Waals surface area contributed by atoms with Crippen molar-refractivity contribution >= 4 is 69.1 Å². The number of anilines is 2. The molecule has 3 fully saturated rings. The number of aromatic nitrogens is 8. The smallest absolute Gasteiger partial charge is 0.329 e. The predicted octanol–water partition coefficient (Wildman–Crippen LogP) is 8.25. The van der Waals surface area contributed by atoms with E-state index in [2.05, 4.69) is 30.6 Å². The number of hydrogen-bond donors (Lipinski definition) is 5. The van der Waals surface area contributed by atoms with E-state index in [4.69, 9.17) is 92.0 Å². The molecule has 1 aromatic carbocycles. The van der Waals surface area contributed by atoms with Crippen molar-refractivity contribution in [2.75, 3.05) is 165 Å². The van der Waals surface area contributed by atoms with Crippen molar-refractivity contribution in [3.8, 4) is 11.3 Å². The third-order valence-electron chi connectivity index (χ3n) is 23.7.